The molecule has 0 rings (SSSR count). The number of hydrogen-bond donors (Lipinski definition) is 3. The molecule has 0 aromatic rings. The molecule has 6 nitrogen and oxygen atoms in total. The van der Waals surface area contributed by atoms with Crippen molar-refractivity contribution in [3.63, 3.8) is 0 Å². The maximum absolute atomic E-state index is 12.5. The number of aliphatic hydroxyl groups is 2. The molecule has 0 fully saturated rings. The molecule has 0 aliphatic carbocycles. The number of amides is 1. The molecule has 0 bridgehead atoms. The van der Waals surface area contributed by atoms with Crippen LogP contribution in [0.2, 0.25) is 0 Å². The summed E-state index contributed by atoms with van der Waals surface area (Å²) in [5, 5.41) is 23.4. The van der Waals surface area contributed by atoms with Gasteiger partial charge in [-0.15, -0.1) is 0 Å². The smallest absolute Gasteiger partial charge is 0.305 e. The molecule has 0 heterocycles. The van der Waals surface area contributed by atoms with E-state index in [1.807, 2.05) is 0 Å². The number of carbonyl (C=O) groups is 2. The van der Waals surface area contributed by atoms with Crippen LogP contribution >= 0.6 is 0 Å². The van der Waals surface area contributed by atoms with Crippen molar-refractivity contribution >= 4 is 11.9 Å². The molecule has 0 aliphatic heterocycles. The fourth-order valence-electron chi connectivity index (χ4n) is 12.3. The standard InChI is InChI=1S/C78H151NO5/c1-3-5-7-9-11-13-15-17-43-47-50-54-58-62-66-70-76(81)75(74-80)79-77(82)71-67-63-59-55-51-48-44-41-39-37-35-33-31-29-27-25-23-21-19-18-20-22-24-26-28-30-32-34-36-38-40-42-45-49-53-57-61-65-69-73-84-78(83)72-68-64-60-56-52-46-16-14-12-10-8-6-4-2/h14,16,18-19,75-76,80-81H,3-13,15,17,20-74H2,1-2H3,(H,79,82)/b16-14-,19-18-. The Morgan fingerprint density at radius 3 is 0.857 bits per heavy atom. The Labute approximate surface area is 526 Å². The summed E-state index contributed by atoms with van der Waals surface area (Å²) in [5.41, 5.74) is 0. The number of ether oxygens (including phenoxy) is 1. The lowest BCUT2D eigenvalue weighted by molar-refractivity contribution is -0.143. The summed E-state index contributed by atoms with van der Waals surface area (Å²) in [5.74, 6) is -0.0133. The van der Waals surface area contributed by atoms with Crippen LogP contribution in [-0.4, -0.2) is 47.4 Å². The summed E-state index contributed by atoms with van der Waals surface area (Å²) in [6.45, 7) is 4.98. The van der Waals surface area contributed by atoms with Crippen molar-refractivity contribution < 1.29 is 24.5 Å². The summed E-state index contributed by atoms with van der Waals surface area (Å²) in [6, 6.07) is -0.537. The van der Waals surface area contributed by atoms with Gasteiger partial charge < -0.3 is 20.3 Å². The van der Waals surface area contributed by atoms with E-state index >= 15 is 0 Å². The van der Waals surface area contributed by atoms with E-state index in [1.165, 1.54) is 360 Å². The van der Waals surface area contributed by atoms with Gasteiger partial charge in [-0.25, -0.2) is 0 Å². The Morgan fingerprint density at radius 1 is 0.321 bits per heavy atom. The minimum atomic E-state index is -0.660. The van der Waals surface area contributed by atoms with Gasteiger partial charge in [0.25, 0.3) is 0 Å². The van der Waals surface area contributed by atoms with E-state index in [9.17, 15) is 19.8 Å². The van der Waals surface area contributed by atoms with Gasteiger partial charge in [-0.1, -0.05) is 372 Å². The minimum absolute atomic E-state index is 0.0138. The van der Waals surface area contributed by atoms with Gasteiger partial charge in [0.1, 0.15) is 0 Å². The predicted octanol–water partition coefficient (Wildman–Crippen LogP) is 25.3. The van der Waals surface area contributed by atoms with Crippen LogP contribution in [0.25, 0.3) is 0 Å². The lowest BCUT2D eigenvalue weighted by Crippen LogP contribution is -2.45. The van der Waals surface area contributed by atoms with Gasteiger partial charge in [-0.2, -0.15) is 0 Å². The number of unbranched alkanes of at least 4 members (excludes halogenated alkanes) is 58. The fraction of sp³-hybridized carbons (Fsp3) is 0.923. The Morgan fingerprint density at radius 2 is 0.560 bits per heavy atom. The Balaban J connectivity index is 3.31. The van der Waals surface area contributed by atoms with Crippen molar-refractivity contribution in [2.24, 2.45) is 0 Å². The molecule has 2 unspecified atom stereocenters. The molecule has 498 valence electrons. The van der Waals surface area contributed by atoms with E-state index in [1.54, 1.807) is 0 Å². The van der Waals surface area contributed by atoms with E-state index in [0.29, 0.717) is 25.9 Å². The second-order valence-corrected chi connectivity index (χ2v) is 26.7. The van der Waals surface area contributed by atoms with Crippen molar-refractivity contribution in [3.05, 3.63) is 24.3 Å². The van der Waals surface area contributed by atoms with E-state index in [0.717, 1.165) is 44.9 Å². The lowest BCUT2D eigenvalue weighted by Gasteiger charge is -2.22. The molecule has 3 N–H and O–H groups in total. The van der Waals surface area contributed by atoms with Gasteiger partial charge in [0, 0.05) is 12.8 Å². The number of aliphatic hydroxyl groups excluding tert-OH is 2. The molecule has 0 aromatic carbocycles. The van der Waals surface area contributed by atoms with Crippen molar-refractivity contribution in [2.45, 2.75) is 450 Å². The highest BCUT2D eigenvalue weighted by atomic mass is 16.5. The average Bonchev–Trinajstić information content (AvgIpc) is 3.53. The molecule has 0 saturated heterocycles. The third kappa shape index (κ3) is 69.4. The summed E-state index contributed by atoms with van der Waals surface area (Å²) in [7, 11) is 0. The number of esters is 1. The molecular weight excluding hydrogens is 1030 g/mol. The first-order valence-electron chi connectivity index (χ1n) is 38.6. The highest BCUT2D eigenvalue weighted by Crippen LogP contribution is 2.20. The zero-order valence-corrected chi connectivity index (χ0v) is 57.2. The summed E-state index contributed by atoms with van der Waals surface area (Å²) >= 11 is 0. The number of nitrogens with one attached hydrogen (secondary N) is 1. The Bertz CT molecular complexity index is 1320. The molecule has 0 spiro atoms. The molecule has 2 atom stereocenters. The van der Waals surface area contributed by atoms with Crippen LogP contribution in [0, 0.1) is 0 Å². The topological polar surface area (TPSA) is 95.9 Å². The van der Waals surface area contributed by atoms with Crippen LogP contribution in [0.15, 0.2) is 24.3 Å². The van der Waals surface area contributed by atoms with Crippen LogP contribution in [-0.2, 0) is 14.3 Å². The molecule has 84 heavy (non-hydrogen) atoms. The summed E-state index contributed by atoms with van der Waals surface area (Å²) in [6.07, 6.45) is 94.2. The third-order valence-electron chi connectivity index (χ3n) is 18.2. The highest BCUT2D eigenvalue weighted by Gasteiger charge is 2.20. The van der Waals surface area contributed by atoms with Crippen LogP contribution < -0.4 is 5.32 Å². The van der Waals surface area contributed by atoms with Gasteiger partial charge >= 0.3 is 5.97 Å². The first-order chi connectivity index (χ1) is 41.5. The SMILES string of the molecule is CCCCCC/C=C\CCCCCCCC(=O)OCCCCCCCCCCCCCCCCCCCC/C=C\CCCCCCCCCCCCCCCCCCCC(=O)NC(CO)C(O)CCCCCCCCCCCCCCCCC. The largest absolute Gasteiger partial charge is 0.466 e. The molecule has 0 radical (unpaired) electrons. The Hall–Kier alpha value is -1.66. The van der Waals surface area contributed by atoms with Gasteiger partial charge in [-0.3, -0.25) is 9.59 Å². The van der Waals surface area contributed by atoms with Crippen molar-refractivity contribution in [1.29, 1.82) is 0 Å². The first-order valence-corrected chi connectivity index (χ1v) is 38.6. The van der Waals surface area contributed by atoms with E-state index in [-0.39, 0.29) is 18.5 Å². The van der Waals surface area contributed by atoms with E-state index < -0.39 is 12.1 Å². The van der Waals surface area contributed by atoms with Gasteiger partial charge in [0.2, 0.25) is 5.91 Å². The second-order valence-electron chi connectivity index (χ2n) is 26.7. The number of allylic oxidation sites excluding steroid dienone is 4. The summed E-state index contributed by atoms with van der Waals surface area (Å²) < 4.78 is 5.49. The Kier molecular flexibility index (Phi) is 72.3. The van der Waals surface area contributed by atoms with Crippen LogP contribution in [0.5, 0.6) is 0 Å². The van der Waals surface area contributed by atoms with Crippen LogP contribution in [0.3, 0.4) is 0 Å². The molecule has 0 aromatic heterocycles. The number of rotatable bonds is 73. The molecule has 0 saturated carbocycles. The summed E-state index contributed by atoms with van der Waals surface area (Å²) in [4.78, 5) is 24.6. The normalized spacial score (nSPS) is 12.6. The fourth-order valence-corrected chi connectivity index (χ4v) is 12.3. The quantitative estimate of drug-likeness (QED) is 0.0320. The third-order valence-corrected chi connectivity index (χ3v) is 18.2. The molecular formula is C78H151NO5. The minimum Gasteiger partial charge on any atom is -0.466 e. The zero-order chi connectivity index (χ0) is 60.6. The number of hydrogen-bond acceptors (Lipinski definition) is 5. The molecule has 0 aliphatic rings. The van der Waals surface area contributed by atoms with Gasteiger partial charge in [0.15, 0.2) is 0 Å². The monoisotopic (exact) mass is 1180 g/mol. The molecule has 6 heteroatoms. The van der Waals surface area contributed by atoms with E-state index in [2.05, 4.69) is 43.5 Å². The molecule has 1 amide bonds. The first kappa shape index (κ1) is 82.3. The lowest BCUT2D eigenvalue weighted by atomic mass is 10.0. The average molecular weight is 1180 g/mol. The maximum Gasteiger partial charge on any atom is 0.305 e. The highest BCUT2D eigenvalue weighted by molar-refractivity contribution is 5.76. The predicted molar refractivity (Wildman–Crippen MR) is 370 cm³/mol. The van der Waals surface area contributed by atoms with E-state index in [4.69, 9.17) is 4.74 Å². The maximum atomic E-state index is 12.5. The van der Waals surface area contributed by atoms with Crippen molar-refractivity contribution in [2.75, 3.05) is 13.2 Å². The van der Waals surface area contributed by atoms with Gasteiger partial charge in [0.05, 0.1) is 25.4 Å². The second kappa shape index (κ2) is 73.8. The zero-order valence-electron chi connectivity index (χ0n) is 57.2. The van der Waals surface area contributed by atoms with Crippen molar-refractivity contribution in [3.8, 4) is 0 Å². The van der Waals surface area contributed by atoms with Gasteiger partial charge in [-0.05, 0) is 77.0 Å². The van der Waals surface area contributed by atoms with Crippen LogP contribution in [0.1, 0.15) is 438 Å². The van der Waals surface area contributed by atoms with Crippen molar-refractivity contribution in [1.82, 2.24) is 5.32 Å². The van der Waals surface area contributed by atoms with Crippen LogP contribution in [0.4, 0.5) is 0 Å². The number of carbonyl (C=O) groups excluding carboxylic acids is 2.